The first-order valence-corrected chi connectivity index (χ1v) is 7.57. The Hall–Kier alpha value is -1.68. The Morgan fingerprint density at radius 1 is 1.45 bits per heavy atom. The second kappa shape index (κ2) is 9.36. The van der Waals surface area contributed by atoms with Gasteiger partial charge in [0.15, 0.2) is 6.10 Å². The van der Waals surface area contributed by atoms with Gasteiger partial charge in [0.2, 0.25) is 0 Å². The van der Waals surface area contributed by atoms with E-state index in [0.29, 0.717) is 25.2 Å². The van der Waals surface area contributed by atoms with Gasteiger partial charge < -0.3 is 15.3 Å². The van der Waals surface area contributed by atoms with Gasteiger partial charge in [0.05, 0.1) is 0 Å². The fraction of sp³-hybridized carbons (Fsp3) is 0.588. The van der Waals surface area contributed by atoms with Gasteiger partial charge in [-0.05, 0) is 36.8 Å². The number of ketones is 1. The molecule has 0 aliphatic heterocycles. The normalized spacial score (nSPS) is 26.0. The van der Waals surface area contributed by atoms with Crippen LogP contribution < -0.4 is 0 Å². The zero-order valence-corrected chi connectivity index (χ0v) is 12.8. The van der Waals surface area contributed by atoms with Crippen LogP contribution in [0.25, 0.3) is 0 Å². The predicted octanol–water partition coefficient (Wildman–Crippen LogP) is 1.70. The smallest absolute Gasteiger partial charge is 0.332 e. The molecule has 0 aromatic carbocycles. The molecule has 1 rings (SSSR count). The molecular formula is C17H24O5. The quantitative estimate of drug-likeness (QED) is 0.468. The third-order valence-electron chi connectivity index (χ3n) is 3.95. The monoisotopic (exact) mass is 308 g/mol. The average molecular weight is 308 g/mol. The van der Waals surface area contributed by atoms with E-state index in [2.05, 4.69) is 12.7 Å². The van der Waals surface area contributed by atoms with Gasteiger partial charge in [0.1, 0.15) is 5.78 Å². The minimum absolute atomic E-state index is 0.000675. The van der Waals surface area contributed by atoms with Crippen molar-refractivity contribution in [1.82, 2.24) is 0 Å². The molecule has 0 aromatic heterocycles. The van der Waals surface area contributed by atoms with E-state index in [9.17, 15) is 9.59 Å². The maximum absolute atomic E-state index is 12.0. The fourth-order valence-corrected chi connectivity index (χ4v) is 2.72. The second-order valence-corrected chi connectivity index (χ2v) is 5.67. The van der Waals surface area contributed by atoms with E-state index in [4.69, 9.17) is 15.3 Å². The summed E-state index contributed by atoms with van der Waals surface area (Å²) in [5.41, 5.74) is 2.83. The first-order valence-electron chi connectivity index (χ1n) is 7.57. The highest BCUT2D eigenvalue weighted by Crippen LogP contribution is 2.37. The molecule has 0 amide bonds. The van der Waals surface area contributed by atoms with Crippen LogP contribution in [0.15, 0.2) is 30.0 Å². The lowest BCUT2D eigenvalue weighted by atomic mass is 9.87. The van der Waals surface area contributed by atoms with Crippen molar-refractivity contribution in [2.24, 2.45) is 17.8 Å². The maximum atomic E-state index is 12.0. The molecule has 0 aromatic rings. The van der Waals surface area contributed by atoms with Gasteiger partial charge in [0, 0.05) is 25.4 Å². The fourth-order valence-electron chi connectivity index (χ4n) is 2.72. The molecule has 4 atom stereocenters. The van der Waals surface area contributed by atoms with Crippen molar-refractivity contribution in [2.45, 2.75) is 38.7 Å². The number of hydrogen-bond donors (Lipinski definition) is 3. The second-order valence-electron chi connectivity index (χ2n) is 5.67. The molecule has 0 spiro atoms. The van der Waals surface area contributed by atoms with Crippen molar-refractivity contribution in [2.75, 3.05) is 6.61 Å². The molecule has 3 N–H and O–H groups in total. The third kappa shape index (κ3) is 5.60. The van der Waals surface area contributed by atoms with Crippen molar-refractivity contribution < 1.29 is 24.9 Å². The lowest BCUT2D eigenvalue weighted by Crippen LogP contribution is -2.17. The van der Waals surface area contributed by atoms with Crippen LogP contribution >= 0.6 is 0 Å². The minimum Gasteiger partial charge on any atom is -0.479 e. The summed E-state index contributed by atoms with van der Waals surface area (Å²) in [5.74, 6) is -0.655. The first kappa shape index (κ1) is 18.4. The number of hydrogen-bond acceptors (Lipinski definition) is 4. The Labute approximate surface area is 130 Å². The van der Waals surface area contributed by atoms with Gasteiger partial charge in [-0.2, -0.15) is 0 Å². The molecule has 5 heteroatoms. The van der Waals surface area contributed by atoms with Gasteiger partial charge in [-0.25, -0.2) is 4.79 Å². The van der Waals surface area contributed by atoms with E-state index < -0.39 is 12.1 Å². The Bertz CT molecular complexity index is 473. The van der Waals surface area contributed by atoms with Crippen LogP contribution in [0.3, 0.4) is 0 Å². The van der Waals surface area contributed by atoms with E-state index in [1.165, 1.54) is 6.08 Å². The number of carboxylic acid groups (broad SMARTS) is 1. The molecule has 1 aliphatic carbocycles. The molecule has 5 nitrogen and oxygen atoms in total. The Morgan fingerprint density at radius 2 is 2.18 bits per heavy atom. The molecule has 0 radical (unpaired) electrons. The summed E-state index contributed by atoms with van der Waals surface area (Å²) in [6.45, 7) is 2.15. The lowest BCUT2D eigenvalue weighted by molar-refractivity contribution is -0.146. The van der Waals surface area contributed by atoms with Crippen LogP contribution in [0, 0.1) is 17.8 Å². The number of aliphatic carboxylic acids is 1. The van der Waals surface area contributed by atoms with E-state index in [0.717, 1.165) is 0 Å². The molecular weight excluding hydrogens is 284 g/mol. The summed E-state index contributed by atoms with van der Waals surface area (Å²) in [7, 11) is 0. The van der Waals surface area contributed by atoms with Crippen molar-refractivity contribution >= 4 is 11.8 Å². The van der Waals surface area contributed by atoms with E-state index in [1.54, 1.807) is 6.08 Å². The molecule has 1 unspecified atom stereocenters. The predicted molar refractivity (Wildman–Crippen MR) is 82.1 cm³/mol. The van der Waals surface area contributed by atoms with E-state index >= 15 is 0 Å². The number of Topliss-reactive ketones (excluding diaryl/α,β-unsaturated/α-hetero) is 1. The van der Waals surface area contributed by atoms with E-state index in [-0.39, 0.29) is 30.6 Å². The number of aliphatic hydroxyl groups is 2. The van der Waals surface area contributed by atoms with Crippen molar-refractivity contribution in [3.8, 4) is 0 Å². The van der Waals surface area contributed by atoms with Crippen LogP contribution in [0.5, 0.6) is 0 Å². The SMILES string of the molecule is C[C@@H]1CC(=O)[C@H](CC=C=CCC(O)C(=O)O)[C@H]1/C=C/CCO. The standard InChI is InChI=1S/C17H24O5/c1-12-11-16(20)14(13(12)7-5-6-10-18)8-3-2-4-9-15(19)17(21)22/h3-5,7,12-15,18-19H,6,8-11H2,1H3,(H,21,22)/b7-5+/t2?,12-,13+,14-,15?/m1/s1. The summed E-state index contributed by atoms with van der Waals surface area (Å²) in [6, 6.07) is 0. The van der Waals surface area contributed by atoms with Crippen LogP contribution in [0.1, 0.15) is 32.6 Å². The van der Waals surface area contributed by atoms with Crippen molar-refractivity contribution in [1.29, 1.82) is 0 Å². The summed E-state index contributed by atoms with van der Waals surface area (Å²) < 4.78 is 0. The number of carbonyl (C=O) groups is 2. The minimum atomic E-state index is -1.41. The molecule has 22 heavy (non-hydrogen) atoms. The number of carboxylic acids is 1. The van der Waals surface area contributed by atoms with Gasteiger partial charge in [-0.3, -0.25) is 4.79 Å². The van der Waals surface area contributed by atoms with Crippen LogP contribution in [0.4, 0.5) is 0 Å². The number of allylic oxidation sites excluding steroid dienone is 1. The number of carbonyl (C=O) groups excluding carboxylic acids is 1. The van der Waals surface area contributed by atoms with Gasteiger partial charge >= 0.3 is 5.97 Å². The number of rotatable bonds is 8. The third-order valence-corrected chi connectivity index (χ3v) is 3.95. The Balaban J connectivity index is 2.59. The van der Waals surface area contributed by atoms with Gasteiger partial charge in [0.25, 0.3) is 0 Å². The Morgan fingerprint density at radius 3 is 2.82 bits per heavy atom. The van der Waals surface area contributed by atoms with Crippen molar-refractivity contribution in [3.63, 3.8) is 0 Å². The largest absolute Gasteiger partial charge is 0.479 e. The summed E-state index contributed by atoms with van der Waals surface area (Å²) in [6.07, 6.45) is 7.42. The highest BCUT2D eigenvalue weighted by atomic mass is 16.4. The first-order chi connectivity index (χ1) is 10.5. The average Bonchev–Trinajstić information content (AvgIpc) is 2.73. The van der Waals surface area contributed by atoms with Gasteiger partial charge in [-0.15, -0.1) is 5.73 Å². The Kier molecular flexibility index (Phi) is 7.82. The van der Waals surface area contributed by atoms with Crippen LogP contribution in [-0.2, 0) is 9.59 Å². The van der Waals surface area contributed by atoms with Crippen LogP contribution in [-0.4, -0.2) is 39.8 Å². The van der Waals surface area contributed by atoms with E-state index in [1.807, 2.05) is 12.2 Å². The highest BCUT2D eigenvalue weighted by molar-refractivity contribution is 5.84. The summed E-state index contributed by atoms with van der Waals surface area (Å²) in [5, 5.41) is 26.5. The molecule has 0 saturated heterocycles. The highest BCUT2D eigenvalue weighted by Gasteiger charge is 2.37. The molecule has 122 valence electrons. The molecule has 0 bridgehead atoms. The summed E-state index contributed by atoms with van der Waals surface area (Å²) in [4.78, 5) is 22.5. The zero-order chi connectivity index (χ0) is 16.5. The molecule has 1 fully saturated rings. The topological polar surface area (TPSA) is 94.8 Å². The van der Waals surface area contributed by atoms with Gasteiger partial charge in [-0.1, -0.05) is 19.1 Å². The maximum Gasteiger partial charge on any atom is 0.332 e. The molecule has 0 heterocycles. The zero-order valence-electron chi connectivity index (χ0n) is 12.8. The number of aliphatic hydroxyl groups excluding tert-OH is 2. The molecule has 1 saturated carbocycles. The van der Waals surface area contributed by atoms with Crippen LogP contribution in [0.2, 0.25) is 0 Å². The van der Waals surface area contributed by atoms with Crippen molar-refractivity contribution in [3.05, 3.63) is 30.0 Å². The summed E-state index contributed by atoms with van der Waals surface area (Å²) >= 11 is 0. The lowest BCUT2D eigenvalue weighted by Gasteiger charge is -2.16. The molecule has 1 aliphatic rings.